The maximum Gasteiger partial charge on any atom is 0.161 e. The van der Waals surface area contributed by atoms with Gasteiger partial charge in [-0.3, -0.25) is 0 Å². The molecule has 1 atom stereocenters. The van der Waals surface area contributed by atoms with Crippen LogP contribution in [0.3, 0.4) is 0 Å². The summed E-state index contributed by atoms with van der Waals surface area (Å²) in [5.74, 6) is 2.20. The van der Waals surface area contributed by atoms with Crippen LogP contribution >= 0.6 is 15.9 Å². The van der Waals surface area contributed by atoms with Crippen LogP contribution in [0.1, 0.15) is 38.2 Å². The zero-order valence-electron chi connectivity index (χ0n) is 10.8. The molecule has 2 nitrogen and oxygen atoms in total. The maximum absolute atomic E-state index is 5.64. The highest BCUT2D eigenvalue weighted by molar-refractivity contribution is 9.09. The summed E-state index contributed by atoms with van der Waals surface area (Å²) in [6, 6.07) is 6.22. The average molecular weight is 301 g/mol. The fourth-order valence-electron chi connectivity index (χ4n) is 1.65. The van der Waals surface area contributed by atoms with Crippen LogP contribution in [0.25, 0.3) is 0 Å². The first-order valence-corrected chi connectivity index (χ1v) is 7.21. The van der Waals surface area contributed by atoms with E-state index in [0.29, 0.717) is 5.92 Å². The van der Waals surface area contributed by atoms with Crippen molar-refractivity contribution in [3.63, 3.8) is 0 Å². The lowest BCUT2D eigenvalue weighted by Crippen LogP contribution is -2.00. The second-order valence-electron chi connectivity index (χ2n) is 4.14. The van der Waals surface area contributed by atoms with E-state index in [-0.39, 0.29) is 0 Å². The van der Waals surface area contributed by atoms with E-state index in [1.54, 1.807) is 7.11 Å². The molecule has 0 aliphatic carbocycles. The van der Waals surface area contributed by atoms with Crippen molar-refractivity contribution in [1.82, 2.24) is 0 Å². The van der Waals surface area contributed by atoms with Crippen molar-refractivity contribution in [1.29, 1.82) is 0 Å². The number of rotatable bonds is 7. The average Bonchev–Trinajstić information content (AvgIpc) is 2.36. The SMILES string of the molecule is CCCOc1ccc(C(C)CCBr)cc1OC. The minimum absolute atomic E-state index is 0.531. The van der Waals surface area contributed by atoms with E-state index in [4.69, 9.17) is 9.47 Å². The molecule has 0 aliphatic heterocycles. The smallest absolute Gasteiger partial charge is 0.161 e. The Morgan fingerprint density at radius 2 is 2.06 bits per heavy atom. The van der Waals surface area contributed by atoms with Crippen molar-refractivity contribution in [2.75, 3.05) is 19.0 Å². The molecule has 3 heteroatoms. The van der Waals surface area contributed by atoms with Gasteiger partial charge in [-0.2, -0.15) is 0 Å². The highest BCUT2D eigenvalue weighted by atomic mass is 79.9. The number of hydrogen-bond acceptors (Lipinski definition) is 2. The minimum Gasteiger partial charge on any atom is -0.493 e. The molecule has 0 saturated carbocycles. The normalized spacial score (nSPS) is 12.2. The zero-order chi connectivity index (χ0) is 12.7. The molecule has 1 aromatic carbocycles. The molecule has 0 radical (unpaired) electrons. The molecule has 1 rings (SSSR count). The van der Waals surface area contributed by atoms with Gasteiger partial charge in [0.1, 0.15) is 0 Å². The molecule has 17 heavy (non-hydrogen) atoms. The fraction of sp³-hybridized carbons (Fsp3) is 0.571. The van der Waals surface area contributed by atoms with Crippen LogP contribution in [0, 0.1) is 0 Å². The fourth-order valence-corrected chi connectivity index (χ4v) is 2.34. The summed E-state index contributed by atoms with van der Waals surface area (Å²) in [4.78, 5) is 0. The third-order valence-electron chi connectivity index (χ3n) is 2.76. The Bertz CT molecular complexity index is 339. The molecular formula is C14H21BrO2. The van der Waals surface area contributed by atoms with Gasteiger partial charge in [0, 0.05) is 5.33 Å². The predicted octanol–water partition coefficient (Wildman–Crippen LogP) is 4.37. The van der Waals surface area contributed by atoms with Gasteiger partial charge in [-0.25, -0.2) is 0 Å². The maximum atomic E-state index is 5.64. The van der Waals surface area contributed by atoms with E-state index in [2.05, 4.69) is 41.9 Å². The van der Waals surface area contributed by atoms with Crippen LogP contribution in [0.5, 0.6) is 11.5 Å². The Kier molecular flexibility index (Phi) is 6.41. The molecule has 1 aromatic rings. The Labute approximate surface area is 112 Å². The van der Waals surface area contributed by atoms with E-state index in [1.807, 2.05) is 6.07 Å². The van der Waals surface area contributed by atoms with E-state index in [0.717, 1.165) is 36.3 Å². The van der Waals surface area contributed by atoms with Gasteiger partial charge in [0.2, 0.25) is 0 Å². The molecule has 0 fully saturated rings. The molecular weight excluding hydrogens is 280 g/mol. The van der Waals surface area contributed by atoms with Gasteiger partial charge in [-0.05, 0) is 36.5 Å². The molecule has 0 bridgehead atoms. The summed E-state index contributed by atoms with van der Waals surface area (Å²) >= 11 is 3.48. The van der Waals surface area contributed by atoms with Crippen LogP contribution < -0.4 is 9.47 Å². The molecule has 0 heterocycles. The number of hydrogen-bond donors (Lipinski definition) is 0. The van der Waals surface area contributed by atoms with Crippen molar-refractivity contribution in [2.45, 2.75) is 32.6 Å². The number of alkyl halides is 1. The van der Waals surface area contributed by atoms with Crippen molar-refractivity contribution < 1.29 is 9.47 Å². The van der Waals surface area contributed by atoms with Crippen LogP contribution in [-0.4, -0.2) is 19.0 Å². The van der Waals surface area contributed by atoms with Crippen LogP contribution in [0.2, 0.25) is 0 Å². The van der Waals surface area contributed by atoms with Gasteiger partial charge in [-0.1, -0.05) is 35.8 Å². The Balaban J connectivity index is 2.83. The Morgan fingerprint density at radius 3 is 2.65 bits per heavy atom. The first kappa shape index (κ1) is 14.4. The standard InChI is InChI=1S/C14H21BrO2/c1-4-9-17-13-6-5-12(10-14(13)16-3)11(2)7-8-15/h5-6,10-11H,4,7-9H2,1-3H3. The van der Waals surface area contributed by atoms with Crippen LogP contribution in [0.4, 0.5) is 0 Å². The van der Waals surface area contributed by atoms with Gasteiger partial charge >= 0.3 is 0 Å². The van der Waals surface area contributed by atoms with Gasteiger partial charge in [0.05, 0.1) is 13.7 Å². The quantitative estimate of drug-likeness (QED) is 0.696. The van der Waals surface area contributed by atoms with E-state index >= 15 is 0 Å². The Morgan fingerprint density at radius 1 is 1.29 bits per heavy atom. The lowest BCUT2D eigenvalue weighted by Gasteiger charge is -2.15. The van der Waals surface area contributed by atoms with E-state index < -0.39 is 0 Å². The van der Waals surface area contributed by atoms with E-state index in [1.165, 1.54) is 5.56 Å². The van der Waals surface area contributed by atoms with Crippen molar-refractivity contribution in [2.24, 2.45) is 0 Å². The topological polar surface area (TPSA) is 18.5 Å². The van der Waals surface area contributed by atoms with Gasteiger partial charge in [-0.15, -0.1) is 0 Å². The lowest BCUT2D eigenvalue weighted by molar-refractivity contribution is 0.294. The van der Waals surface area contributed by atoms with Crippen molar-refractivity contribution in [3.05, 3.63) is 23.8 Å². The third kappa shape index (κ3) is 4.23. The lowest BCUT2D eigenvalue weighted by atomic mass is 9.98. The zero-order valence-corrected chi connectivity index (χ0v) is 12.4. The summed E-state index contributed by atoms with van der Waals surface area (Å²) in [5.41, 5.74) is 1.30. The molecule has 1 unspecified atom stereocenters. The minimum atomic E-state index is 0.531. The molecule has 0 N–H and O–H groups in total. The molecule has 96 valence electrons. The number of halogens is 1. The summed E-state index contributed by atoms with van der Waals surface area (Å²) in [7, 11) is 1.69. The number of ether oxygens (including phenoxy) is 2. The number of methoxy groups -OCH3 is 1. The largest absolute Gasteiger partial charge is 0.493 e. The van der Waals surface area contributed by atoms with Crippen molar-refractivity contribution >= 4 is 15.9 Å². The van der Waals surface area contributed by atoms with Crippen LogP contribution in [0.15, 0.2) is 18.2 Å². The molecule has 0 amide bonds. The van der Waals surface area contributed by atoms with Gasteiger partial charge in [0.15, 0.2) is 11.5 Å². The predicted molar refractivity (Wildman–Crippen MR) is 75.6 cm³/mol. The molecule has 0 aliphatic rings. The molecule has 0 aromatic heterocycles. The highest BCUT2D eigenvalue weighted by Crippen LogP contribution is 2.32. The second-order valence-corrected chi connectivity index (χ2v) is 4.93. The second kappa shape index (κ2) is 7.59. The van der Waals surface area contributed by atoms with Crippen LogP contribution in [-0.2, 0) is 0 Å². The molecule has 0 spiro atoms. The first-order chi connectivity index (χ1) is 8.22. The monoisotopic (exact) mass is 300 g/mol. The highest BCUT2D eigenvalue weighted by Gasteiger charge is 2.10. The van der Waals surface area contributed by atoms with Gasteiger partial charge in [0.25, 0.3) is 0 Å². The molecule has 0 saturated heterocycles. The Hall–Kier alpha value is -0.700. The van der Waals surface area contributed by atoms with Crippen molar-refractivity contribution in [3.8, 4) is 11.5 Å². The summed E-state index contributed by atoms with van der Waals surface area (Å²) in [6.45, 7) is 5.05. The summed E-state index contributed by atoms with van der Waals surface area (Å²) in [5, 5.41) is 1.02. The first-order valence-electron chi connectivity index (χ1n) is 6.09. The van der Waals surface area contributed by atoms with Gasteiger partial charge < -0.3 is 9.47 Å². The number of benzene rings is 1. The summed E-state index contributed by atoms with van der Waals surface area (Å²) in [6.07, 6.45) is 2.13. The van der Waals surface area contributed by atoms with E-state index in [9.17, 15) is 0 Å². The summed E-state index contributed by atoms with van der Waals surface area (Å²) < 4.78 is 11.0. The third-order valence-corrected chi connectivity index (χ3v) is 3.22.